The molecule has 1 aliphatic rings. The molecule has 1 N–H and O–H groups in total. The number of amides is 2. The summed E-state index contributed by atoms with van der Waals surface area (Å²) in [6, 6.07) is 34.4. The molecule has 2 amide bonds. The first kappa shape index (κ1) is 18.8. The van der Waals surface area contributed by atoms with Gasteiger partial charge in [-0.25, -0.2) is 0 Å². The molecule has 0 unspecified atom stereocenters. The summed E-state index contributed by atoms with van der Waals surface area (Å²) in [5.41, 5.74) is 6.04. The Balaban J connectivity index is 1.67. The highest BCUT2D eigenvalue weighted by Gasteiger charge is 2.29. The van der Waals surface area contributed by atoms with Crippen molar-refractivity contribution in [3.8, 4) is 16.8 Å². The molecule has 5 aromatic carbocycles. The molecule has 6 aromatic rings. The Kier molecular flexibility index (Phi) is 3.82. The van der Waals surface area contributed by atoms with Crippen LogP contribution in [0.4, 0.5) is 0 Å². The van der Waals surface area contributed by atoms with Crippen LogP contribution in [0.3, 0.4) is 0 Å². The highest BCUT2D eigenvalue weighted by atomic mass is 16.2. The van der Waals surface area contributed by atoms with Crippen LogP contribution < -0.4 is 5.32 Å². The Labute approximate surface area is 195 Å². The van der Waals surface area contributed by atoms with Crippen LogP contribution in [-0.2, 0) is 0 Å². The lowest BCUT2D eigenvalue weighted by molar-refractivity contribution is 0.0845. The summed E-state index contributed by atoms with van der Waals surface area (Å²) in [6.07, 6.45) is 0. The van der Waals surface area contributed by atoms with Gasteiger partial charge in [-0.3, -0.25) is 14.9 Å². The van der Waals surface area contributed by atoms with Crippen LogP contribution in [0.1, 0.15) is 20.7 Å². The number of imide groups is 1. The summed E-state index contributed by atoms with van der Waals surface area (Å²) in [5, 5.41) is 6.41. The second-order valence-corrected chi connectivity index (χ2v) is 8.56. The van der Waals surface area contributed by atoms with Gasteiger partial charge < -0.3 is 4.57 Å². The maximum Gasteiger partial charge on any atom is 0.259 e. The van der Waals surface area contributed by atoms with Crippen molar-refractivity contribution in [2.24, 2.45) is 0 Å². The van der Waals surface area contributed by atoms with E-state index in [0.717, 1.165) is 44.0 Å². The molecule has 0 bridgehead atoms. The minimum atomic E-state index is -0.358. The van der Waals surface area contributed by atoms with Crippen molar-refractivity contribution < 1.29 is 9.59 Å². The van der Waals surface area contributed by atoms with Gasteiger partial charge in [0.15, 0.2) is 0 Å². The Hall–Kier alpha value is -4.70. The molecule has 0 radical (unpaired) electrons. The second-order valence-electron chi connectivity index (χ2n) is 8.56. The number of benzene rings is 5. The van der Waals surface area contributed by atoms with Crippen molar-refractivity contribution >= 4 is 44.4 Å². The van der Waals surface area contributed by atoms with E-state index in [1.54, 1.807) is 6.07 Å². The predicted molar refractivity (Wildman–Crippen MR) is 136 cm³/mol. The maximum absolute atomic E-state index is 13.2. The first-order valence-corrected chi connectivity index (χ1v) is 11.2. The third kappa shape index (κ3) is 2.48. The van der Waals surface area contributed by atoms with Crippen molar-refractivity contribution in [3.05, 3.63) is 114 Å². The third-order valence-electron chi connectivity index (χ3n) is 6.74. The van der Waals surface area contributed by atoms with Gasteiger partial charge in [-0.2, -0.15) is 0 Å². The van der Waals surface area contributed by atoms with Gasteiger partial charge in [-0.05, 0) is 35.2 Å². The standard InChI is InChI=1S/C30H18N2O2/c33-29-24-14-6-8-18-16-17-21(27(26(18)24)30(34)31-29)23-13-7-12-22-20-11-4-5-15-25(20)32(28(22)23)19-9-2-1-3-10-19/h1-17H,(H,31,33,34). The molecule has 1 aromatic heterocycles. The molecule has 34 heavy (non-hydrogen) atoms. The smallest absolute Gasteiger partial charge is 0.259 e. The first-order valence-electron chi connectivity index (χ1n) is 11.2. The molecule has 160 valence electrons. The van der Waals surface area contributed by atoms with Crippen LogP contribution in [0.25, 0.3) is 49.4 Å². The minimum absolute atomic E-state index is 0.350. The van der Waals surface area contributed by atoms with Gasteiger partial charge in [-0.1, -0.05) is 78.9 Å². The molecule has 0 saturated heterocycles. The molecule has 0 spiro atoms. The van der Waals surface area contributed by atoms with E-state index in [1.165, 1.54) is 0 Å². The molecule has 1 aliphatic heterocycles. The minimum Gasteiger partial charge on any atom is -0.309 e. The summed E-state index contributed by atoms with van der Waals surface area (Å²) in [6.45, 7) is 0. The quantitative estimate of drug-likeness (QED) is 0.314. The fourth-order valence-electron chi connectivity index (χ4n) is 5.34. The average Bonchev–Trinajstić information content (AvgIpc) is 3.22. The van der Waals surface area contributed by atoms with Gasteiger partial charge in [0.1, 0.15) is 0 Å². The number of rotatable bonds is 2. The normalized spacial score (nSPS) is 13.1. The Morgan fingerprint density at radius 3 is 2.18 bits per heavy atom. The van der Waals surface area contributed by atoms with Gasteiger partial charge in [-0.15, -0.1) is 0 Å². The number of hydrogen-bond donors (Lipinski definition) is 1. The highest BCUT2D eigenvalue weighted by molar-refractivity contribution is 6.28. The number of para-hydroxylation sites is 3. The lowest BCUT2D eigenvalue weighted by Crippen LogP contribution is -2.35. The summed E-state index contributed by atoms with van der Waals surface area (Å²) >= 11 is 0. The van der Waals surface area contributed by atoms with E-state index in [-0.39, 0.29) is 11.8 Å². The number of hydrogen-bond acceptors (Lipinski definition) is 2. The van der Waals surface area contributed by atoms with Crippen LogP contribution in [0, 0.1) is 0 Å². The van der Waals surface area contributed by atoms with E-state index in [2.05, 4.69) is 52.3 Å². The molecular formula is C30H18N2O2. The highest BCUT2D eigenvalue weighted by Crippen LogP contribution is 2.41. The maximum atomic E-state index is 13.2. The van der Waals surface area contributed by atoms with Gasteiger partial charge in [0, 0.05) is 33.0 Å². The van der Waals surface area contributed by atoms with Crippen molar-refractivity contribution in [1.29, 1.82) is 0 Å². The van der Waals surface area contributed by atoms with Crippen LogP contribution in [0.5, 0.6) is 0 Å². The fourth-order valence-corrected chi connectivity index (χ4v) is 5.34. The molecular weight excluding hydrogens is 420 g/mol. The molecule has 7 rings (SSSR count). The second kappa shape index (κ2) is 6.90. The number of nitrogens with one attached hydrogen (secondary N) is 1. The number of nitrogens with zero attached hydrogens (tertiary/aromatic N) is 1. The molecule has 2 heterocycles. The lowest BCUT2D eigenvalue weighted by Gasteiger charge is -2.20. The zero-order chi connectivity index (χ0) is 22.8. The molecule has 0 aliphatic carbocycles. The number of aromatic nitrogens is 1. The molecule has 4 nitrogen and oxygen atoms in total. The van der Waals surface area contributed by atoms with E-state index in [1.807, 2.05) is 54.6 Å². The largest absolute Gasteiger partial charge is 0.309 e. The van der Waals surface area contributed by atoms with Crippen LogP contribution in [0.15, 0.2) is 103 Å². The SMILES string of the molecule is O=C1NC(=O)c2c(-c3cccc4c5ccccc5n(-c5ccccc5)c34)ccc3cccc1c23. The predicted octanol–water partition coefficient (Wildman–Crippen LogP) is 6.49. The van der Waals surface area contributed by atoms with Gasteiger partial charge in [0.2, 0.25) is 0 Å². The summed E-state index contributed by atoms with van der Waals surface area (Å²) in [5.74, 6) is -0.708. The van der Waals surface area contributed by atoms with Gasteiger partial charge in [0.05, 0.1) is 16.6 Å². The van der Waals surface area contributed by atoms with Crippen molar-refractivity contribution in [3.63, 3.8) is 0 Å². The Morgan fingerprint density at radius 1 is 0.559 bits per heavy atom. The van der Waals surface area contributed by atoms with E-state index < -0.39 is 0 Å². The Bertz CT molecular complexity index is 1810. The van der Waals surface area contributed by atoms with Crippen molar-refractivity contribution in [2.45, 2.75) is 0 Å². The zero-order valence-electron chi connectivity index (χ0n) is 18.1. The molecule has 4 heteroatoms. The summed E-state index contributed by atoms with van der Waals surface area (Å²) in [7, 11) is 0. The Morgan fingerprint density at radius 2 is 1.29 bits per heavy atom. The van der Waals surface area contributed by atoms with E-state index in [4.69, 9.17) is 0 Å². The molecule has 0 fully saturated rings. The number of carbonyl (C=O) groups is 2. The first-order chi connectivity index (χ1) is 16.7. The molecule has 0 saturated carbocycles. The van der Waals surface area contributed by atoms with Crippen molar-refractivity contribution in [1.82, 2.24) is 9.88 Å². The van der Waals surface area contributed by atoms with E-state index in [9.17, 15) is 9.59 Å². The topological polar surface area (TPSA) is 51.1 Å². The number of carbonyl (C=O) groups excluding carboxylic acids is 2. The fraction of sp³-hybridized carbons (Fsp3) is 0. The summed E-state index contributed by atoms with van der Waals surface area (Å²) < 4.78 is 2.26. The molecule has 0 atom stereocenters. The lowest BCUT2D eigenvalue weighted by atomic mass is 9.88. The van der Waals surface area contributed by atoms with E-state index in [0.29, 0.717) is 16.5 Å². The zero-order valence-corrected chi connectivity index (χ0v) is 18.1. The van der Waals surface area contributed by atoms with Crippen molar-refractivity contribution in [2.75, 3.05) is 0 Å². The van der Waals surface area contributed by atoms with E-state index >= 15 is 0 Å². The van der Waals surface area contributed by atoms with Crippen LogP contribution in [-0.4, -0.2) is 16.4 Å². The third-order valence-corrected chi connectivity index (χ3v) is 6.74. The summed E-state index contributed by atoms with van der Waals surface area (Å²) in [4.78, 5) is 25.8. The average molecular weight is 438 g/mol. The number of fused-ring (bicyclic) bond motifs is 3. The van der Waals surface area contributed by atoms with Gasteiger partial charge >= 0.3 is 0 Å². The van der Waals surface area contributed by atoms with Crippen LogP contribution >= 0.6 is 0 Å². The monoisotopic (exact) mass is 438 g/mol. The van der Waals surface area contributed by atoms with Crippen LogP contribution in [0.2, 0.25) is 0 Å². The van der Waals surface area contributed by atoms with Gasteiger partial charge in [0.25, 0.3) is 11.8 Å².